The fourth-order valence-electron chi connectivity index (χ4n) is 1.45. The number of carboxylic acids is 1. The van der Waals surface area contributed by atoms with Crippen LogP contribution < -0.4 is 0 Å². The van der Waals surface area contributed by atoms with Crippen molar-refractivity contribution >= 4 is 17.7 Å². The Morgan fingerprint density at radius 1 is 1.62 bits per heavy atom. The van der Waals surface area contributed by atoms with Crippen molar-refractivity contribution in [2.75, 3.05) is 27.4 Å². The summed E-state index contributed by atoms with van der Waals surface area (Å²) in [5.74, 6) is -0.784. The van der Waals surface area contributed by atoms with Crippen LogP contribution in [0.3, 0.4) is 0 Å². The number of aromatic nitrogens is 2. The van der Waals surface area contributed by atoms with Gasteiger partial charge in [-0.15, -0.1) is 0 Å². The lowest BCUT2D eigenvalue weighted by Gasteiger charge is -2.30. The second-order valence-electron chi connectivity index (χ2n) is 4.59. The highest BCUT2D eigenvalue weighted by Crippen LogP contribution is 2.14. The average Bonchev–Trinajstić information content (AvgIpc) is 2.59. The zero-order valence-electron chi connectivity index (χ0n) is 10.0. The SMILES string of the molecule is CSc1ncc(CC(C(=O)O)[N+](C)(C)C)[nH]1. The van der Waals surface area contributed by atoms with Gasteiger partial charge in [0.1, 0.15) is 0 Å². The Morgan fingerprint density at radius 3 is 2.62 bits per heavy atom. The monoisotopic (exact) mass is 244 g/mol. The number of likely N-dealkylation sites (N-methyl/N-ethyl adjacent to an activating group) is 1. The van der Waals surface area contributed by atoms with Crippen LogP contribution in [0.4, 0.5) is 0 Å². The molecule has 1 atom stereocenters. The number of rotatable bonds is 5. The largest absolute Gasteiger partial charge is 0.477 e. The summed E-state index contributed by atoms with van der Waals surface area (Å²) in [5, 5.41) is 10.00. The quantitative estimate of drug-likeness (QED) is 0.595. The number of carboxylic acid groups (broad SMARTS) is 1. The molecule has 16 heavy (non-hydrogen) atoms. The van der Waals surface area contributed by atoms with Crippen molar-refractivity contribution in [1.82, 2.24) is 9.97 Å². The highest BCUT2D eigenvalue weighted by Gasteiger charge is 2.31. The lowest BCUT2D eigenvalue weighted by atomic mass is 10.1. The predicted molar refractivity (Wildman–Crippen MR) is 63.5 cm³/mol. The average molecular weight is 244 g/mol. The molecule has 6 heteroatoms. The van der Waals surface area contributed by atoms with Crippen molar-refractivity contribution in [3.8, 4) is 0 Å². The van der Waals surface area contributed by atoms with Crippen molar-refractivity contribution in [2.24, 2.45) is 0 Å². The first-order valence-corrected chi connectivity index (χ1v) is 6.19. The Balaban J connectivity index is 2.80. The second kappa shape index (κ2) is 4.88. The van der Waals surface area contributed by atoms with Crippen LogP contribution in [0.25, 0.3) is 0 Å². The molecular formula is C10H18N3O2S+. The number of hydrogen-bond acceptors (Lipinski definition) is 3. The Hall–Kier alpha value is -1.01. The summed E-state index contributed by atoms with van der Waals surface area (Å²) in [5.41, 5.74) is 0.866. The summed E-state index contributed by atoms with van der Waals surface area (Å²) in [6, 6.07) is -0.463. The van der Waals surface area contributed by atoms with Gasteiger partial charge in [-0.2, -0.15) is 0 Å². The van der Waals surface area contributed by atoms with E-state index in [0.717, 1.165) is 10.9 Å². The smallest absolute Gasteiger partial charge is 0.362 e. The summed E-state index contributed by atoms with van der Waals surface area (Å²) < 4.78 is 0.392. The summed E-state index contributed by atoms with van der Waals surface area (Å²) in [6.07, 6.45) is 4.10. The van der Waals surface area contributed by atoms with E-state index in [2.05, 4.69) is 9.97 Å². The van der Waals surface area contributed by atoms with Crippen LogP contribution in [0.2, 0.25) is 0 Å². The Kier molecular flexibility index (Phi) is 3.98. The molecule has 1 aromatic rings. The van der Waals surface area contributed by atoms with E-state index < -0.39 is 12.0 Å². The molecule has 0 aliphatic carbocycles. The summed E-state index contributed by atoms with van der Waals surface area (Å²) in [7, 11) is 5.64. The maximum absolute atomic E-state index is 11.2. The summed E-state index contributed by atoms with van der Waals surface area (Å²) >= 11 is 1.51. The molecule has 5 nitrogen and oxygen atoms in total. The van der Waals surface area contributed by atoms with Crippen LogP contribution in [0.5, 0.6) is 0 Å². The van der Waals surface area contributed by atoms with Crippen molar-refractivity contribution in [3.63, 3.8) is 0 Å². The third kappa shape index (κ3) is 3.24. The first-order chi connectivity index (χ1) is 7.34. The number of hydrogen-bond donors (Lipinski definition) is 2. The van der Waals surface area contributed by atoms with Crippen molar-refractivity contribution in [1.29, 1.82) is 0 Å². The van der Waals surface area contributed by atoms with E-state index in [9.17, 15) is 9.90 Å². The molecular weight excluding hydrogens is 226 g/mol. The van der Waals surface area contributed by atoms with Crippen molar-refractivity contribution in [2.45, 2.75) is 17.6 Å². The second-order valence-corrected chi connectivity index (χ2v) is 5.39. The molecule has 0 spiro atoms. The minimum Gasteiger partial charge on any atom is -0.477 e. The molecule has 90 valence electrons. The zero-order chi connectivity index (χ0) is 12.3. The van der Waals surface area contributed by atoms with Gasteiger partial charge in [0.2, 0.25) is 0 Å². The third-order valence-corrected chi connectivity index (χ3v) is 3.03. The van der Waals surface area contributed by atoms with Crippen LogP contribution in [-0.2, 0) is 11.2 Å². The highest BCUT2D eigenvalue weighted by molar-refractivity contribution is 7.98. The molecule has 0 aliphatic rings. The molecule has 0 bridgehead atoms. The molecule has 0 radical (unpaired) electrons. The summed E-state index contributed by atoms with van der Waals surface area (Å²) in [6.45, 7) is 0. The van der Waals surface area contributed by atoms with Crippen LogP contribution in [0, 0.1) is 0 Å². The van der Waals surface area contributed by atoms with Gasteiger partial charge in [0.25, 0.3) is 0 Å². The first-order valence-electron chi connectivity index (χ1n) is 4.96. The number of nitrogens with zero attached hydrogens (tertiary/aromatic N) is 2. The van der Waals surface area contributed by atoms with Crippen LogP contribution in [-0.4, -0.2) is 59.0 Å². The van der Waals surface area contributed by atoms with E-state index >= 15 is 0 Å². The van der Waals surface area contributed by atoms with E-state index in [0.29, 0.717) is 10.9 Å². The lowest BCUT2D eigenvalue weighted by molar-refractivity contribution is -0.887. The van der Waals surface area contributed by atoms with E-state index in [1.807, 2.05) is 27.4 Å². The minimum absolute atomic E-state index is 0.392. The molecule has 0 aromatic carbocycles. The number of nitrogens with one attached hydrogen (secondary N) is 1. The van der Waals surface area contributed by atoms with Gasteiger partial charge < -0.3 is 14.6 Å². The molecule has 2 N–H and O–H groups in total. The number of carbonyl (C=O) groups is 1. The molecule has 0 aliphatic heterocycles. The molecule has 0 saturated carbocycles. The number of aliphatic carboxylic acids is 1. The molecule has 1 heterocycles. The fourth-order valence-corrected chi connectivity index (χ4v) is 1.84. The zero-order valence-corrected chi connectivity index (χ0v) is 10.8. The number of imidazole rings is 1. The minimum atomic E-state index is -0.784. The first kappa shape index (κ1) is 13.1. The van der Waals surface area contributed by atoms with E-state index in [4.69, 9.17) is 0 Å². The van der Waals surface area contributed by atoms with Gasteiger partial charge in [-0.25, -0.2) is 9.78 Å². The Bertz CT molecular complexity index is 370. The number of H-pyrrole nitrogens is 1. The number of aromatic amines is 1. The molecule has 0 saturated heterocycles. The number of thioether (sulfide) groups is 1. The van der Waals surface area contributed by atoms with E-state index in [1.165, 1.54) is 11.8 Å². The predicted octanol–water partition coefficient (Wildman–Crippen LogP) is 0.833. The molecule has 0 fully saturated rings. The highest BCUT2D eigenvalue weighted by atomic mass is 32.2. The van der Waals surface area contributed by atoms with Crippen LogP contribution in [0.1, 0.15) is 5.69 Å². The topological polar surface area (TPSA) is 66.0 Å². The fraction of sp³-hybridized carbons (Fsp3) is 0.600. The third-order valence-electron chi connectivity index (χ3n) is 2.43. The Labute approximate surface area is 99.5 Å². The van der Waals surface area contributed by atoms with Gasteiger partial charge in [0.15, 0.2) is 11.2 Å². The van der Waals surface area contributed by atoms with Gasteiger partial charge in [-0.05, 0) is 6.26 Å². The van der Waals surface area contributed by atoms with Crippen molar-refractivity contribution < 1.29 is 14.4 Å². The summed E-state index contributed by atoms with van der Waals surface area (Å²) in [4.78, 5) is 18.4. The van der Waals surface area contributed by atoms with Gasteiger partial charge >= 0.3 is 5.97 Å². The van der Waals surface area contributed by atoms with Crippen LogP contribution in [0.15, 0.2) is 11.4 Å². The van der Waals surface area contributed by atoms with Gasteiger partial charge in [-0.1, -0.05) is 11.8 Å². The van der Waals surface area contributed by atoms with E-state index in [-0.39, 0.29) is 0 Å². The van der Waals surface area contributed by atoms with Gasteiger partial charge in [0.05, 0.1) is 27.6 Å². The van der Waals surface area contributed by atoms with Crippen LogP contribution >= 0.6 is 11.8 Å². The standard InChI is InChI=1S/C10H17N3O2S/c1-13(2,3)8(9(14)15)5-7-6-11-10(12-7)16-4/h6,8H,5H2,1-4H3,(H-,11,12,14,15)/p+1. The molecule has 1 aromatic heterocycles. The number of quaternary nitrogens is 1. The normalized spacial score (nSPS) is 13.8. The van der Waals surface area contributed by atoms with Gasteiger partial charge in [-0.3, -0.25) is 0 Å². The molecule has 1 rings (SSSR count). The molecule has 0 amide bonds. The maximum atomic E-state index is 11.2. The van der Waals surface area contributed by atoms with Crippen molar-refractivity contribution in [3.05, 3.63) is 11.9 Å². The Morgan fingerprint density at radius 2 is 2.25 bits per heavy atom. The van der Waals surface area contributed by atoms with Gasteiger partial charge in [0, 0.05) is 11.9 Å². The molecule has 1 unspecified atom stereocenters. The lowest BCUT2D eigenvalue weighted by Crippen LogP contribution is -2.51. The maximum Gasteiger partial charge on any atom is 0.362 e. The van der Waals surface area contributed by atoms with E-state index in [1.54, 1.807) is 6.20 Å².